The Morgan fingerprint density at radius 3 is 2.33 bits per heavy atom. The van der Waals surface area contributed by atoms with Crippen LogP contribution in [0.25, 0.3) is 0 Å². The van der Waals surface area contributed by atoms with Crippen molar-refractivity contribution in [1.29, 1.82) is 0 Å². The van der Waals surface area contributed by atoms with E-state index in [9.17, 15) is 18.3 Å². The van der Waals surface area contributed by atoms with Crippen LogP contribution in [-0.2, 0) is 16.6 Å². The zero-order valence-corrected chi connectivity index (χ0v) is 20.0. The third-order valence-electron chi connectivity index (χ3n) is 5.62. The second-order valence-electron chi connectivity index (χ2n) is 8.15. The molecule has 6 nitrogen and oxygen atoms in total. The molecule has 3 aromatic rings. The maximum Gasteiger partial charge on any atom is 0.335 e. The first-order chi connectivity index (χ1) is 15.7. The third-order valence-corrected chi connectivity index (χ3v) is 6.98. The molecule has 0 aliphatic carbocycles. The average Bonchev–Trinajstić information content (AvgIpc) is 2.79. The quantitative estimate of drug-likeness (QED) is 0.406. The van der Waals surface area contributed by atoms with Gasteiger partial charge in [0.1, 0.15) is 0 Å². The number of nitrogens with one attached hydrogen (secondary N) is 1. The van der Waals surface area contributed by atoms with Crippen LogP contribution >= 0.6 is 0 Å². The van der Waals surface area contributed by atoms with Gasteiger partial charge in [0.25, 0.3) is 10.0 Å². The standard InChI is InChI=1S/C26H30N2O4S/c1-4-5-15-28(18-21-9-7-6-8-10-21)25-14-12-22(26(29)30)17-24(25)27-33(31,32)23-13-11-19(2)20(3)16-23/h6-14,16-17,27H,4-5,15,18H2,1-3H3,(H,29,30). The molecule has 0 aromatic heterocycles. The van der Waals surface area contributed by atoms with E-state index in [2.05, 4.69) is 16.5 Å². The SMILES string of the molecule is CCCCN(Cc1ccccc1)c1ccc(C(=O)O)cc1NS(=O)(=O)c1ccc(C)c(C)c1. The predicted molar refractivity (Wildman–Crippen MR) is 133 cm³/mol. The molecule has 0 saturated heterocycles. The molecular weight excluding hydrogens is 436 g/mol. The van der Waals surface area contributed by atoms with Crippen molar-refractivity contribution in [2.24, 2.45) is 0 Å². The summed E-state index contributed by atoms with van der Waals surface area (Å²) in [5, 5.41) is 9.51. The number of carboxylic acids is 1. The van der Waals surface area contributed by atoms with Crippen molar-refractivity contribution < 1.29 is 18.3 Å². The fourth-order valence-corrected chi connectivity index (χ4v) is 4.70. The maximum absolute atomic E-state index is 13.2. The average molecular weight is 467 g/mol. The Kier molecular flexibility index (Phi) is 7.76. The largest absolute Gasteiger partial charge is 0.478 e. The summed E-state index contributed by atoms with van der Waals surface area (Å²) in [7, 11) is -3.91. The lowest BCUT2D eigenvalue weighted by Crippen LogP contribution is -2.26. The molecule has 0 amide bonds. The number of hydrogen-bond acceptors (Lipinski definition) is 4. The first kappa shape index (κ1) is 24.3. The Hall–Kier alpha value is -3.32. The summed E-state index contributed by atoms with van der Waals surface area (Å²) in [5.74, 6) is -1.11. The zero-order valence-electron chi connectivity index (χ0n) is 19.2. The van der Waals surface area contributed by atoms with Crippen LogP contribution in [0.4, 0.5) is 11.4 Å². The van der Waals surface area contributed by atoms with Crippen LogP contribution in [0.5, 0.6) is 0 Å². The molecule has 2 N–H and O–H groups in total. The summed E-state index contributed by atoms with van der Waals surface area (Å²) in [6.07, 6.45) is 1.89. The van der Waals surface area contributed by atoms with Crippen LogP contribution in [0.2, 0.25) is 0 Å². The van der Waals surface area contributed by atoms with E-state index in [0.29, 0.717) is 18.8 Å². The number of sulfonamides is 1. The number of carbonyl (C=O) groups is 1. The maximum atomic E-state index is 13.2. The first-order valence-electron chi connectivity index (χ1n) is 11.0. The van der Waals surface area contributed by atoms with Crippen LogP contribution in [0.15, 0.2) is 71.6 Å². The van der Waals surface area contributed by atoms with Gasteiger partial charge in [-0.3, -0.25) is 4.72 Å². The minimum Gasteiger partial charge on any atom is -0.478 e. The van der Waals surface area contributed by atoms with E-state index < -0.39 is 16.0 Å². The monoisotopic (exact) mass is 466 g/mol. The molecule has 3 aromatic carbocycles. The predicted octanol–water partition coefficient (Wildman–Crippen LogP) is 5.61. The van der Waals surface area contributed by atoms with E-state index in [1.54, 1.807) is 24.3 Å². The Morgan fingerprint density at radius 2 is 1.70 bits per heavy atom. The molecule has 7 heteroatoms. The number of nitrogens with zero attached hydrogens (tertiary/aromatic N) is 1. The molecule has 0 aliphatic rings. The molecule has 0 bridgehead atoms. The van der Waals surface area contributed by atoms with Gasteiger partial charge in [0.15, 0.2) is 0 Å². The van der Waals surface area contributed by atoms with Crippen LogP contribution in [0.3, 0.4) is 0 Å². The van der Waals surface area contributed by atoms with Crippen molar-refractivity contribution in [3.8, 4) is 0 Å². The van der Waals surface area contributed by atoms with Crippen LogP contribution < -0.4 is 9.62 Å². The van der Waals surface area contributed by atoms with Gasteiger partial charge in [-0.05, 0) is 67.3 Å². The van der Waals surface area contributed by atoms with Gasteiger partial charge in [-0.15, -0.1) is 0 Å². The molecule has 174 valence electrons. The molecule has 0 unspecified atom stereocenters. The highest BCUT2D eigenvalue weighted by Crippen LogP contribution is 2.31. The fraction of sp³-hybridized carbons (Fsp3) is 0.269. The second-order valence-corrected chi connectivity index (χ2v) is 9.83. The molecule has 0 fully saturated rings. The van der Waals surface area contributed by atoms with E-state index in [4.69, 9.17) is 0 Å². The molecule has 33 heavy (non-hydrogen) atoms. The Bertz CT molecular complexity index is 1220. The number of aromatic carboxylic acids is 1. The van der Waals surface area contributed by atoms with E-state index in [1.807, 2.05) is 44.2 Å². The highest BCUT2D eigenvalue weighted by molar-refractivity contribution is 7.92. The normalized spacial score (nSPS) is 11.2. The van der Waals surface area contributed by atoms with Gasteiger partial charge in [0.05, 0.1) is 21.8 Å². The summed E-state index contributed by atoms with van der Waals surface area (Å²) in [5.41, 5.74) is 3.86. The molecule has 0 atom stereocenters. The Balaban J connectivity index is 2.05. The summed E-state index contributed by atoms with van der Waals surface area (Å²) in [4.78, 5) is 13.8. The highest BCUT2D eigenvalue weighted by atomic mass is 32.2. The van der Waals surface area contributed by atoms with Gasteiger partial charge < -0.3 is 10.0 Å². The lowest BCUT2D eigenvalue weighted by atomic mass is 10.1. The van der Waals surface area contributed by atoms with Gasteiger partial charge in [-0.2, -0.15) is 0 Å². The molecule has 0 aliphatic heterocycles. The summed E-state index contributed by atoms with van der Waals surface area (Å²) >= 11 is 0. The Labute approximate surface area is 195 Å². The molecule has 0 spiro atoms. The smallest absolute Gasteiger partial charge is 0.335 e. The highest BCUT2D eigenvalue weighted by Gasteiger charge is 2.21. The second kappa shape index (κ2) is 10.5. The number of benzene rings is 3. The topological polar surface area (TPSA) is 86.7 Å². The van der Waals surface area contributed by atoms with Gasteiger partial charge in [-0.25, -0.2) is 13.2 Å². The van der Waals surface area contributed by atoms with Crippen molar-refractivity contribution in [3.05, 3.63) is 89.0 Å². The lowest BCUT2D eigenvalue weighted by molar-refractivity contribution is 0.0697. The number of unbranched alkanes of at least 4 members (excludes halogenated alkanes) is 1. The molecular formula is C26H30N2O4S. The van der Waals surface area contributed by atoms with Crippen molar-refractivity contribution in [2.75, 3.05) is 16.2 Å². The summed E-state index contributed by atoms with van der Waals surface area (Å²) in [6.45, 7) is 7.15. The number of aryl methyl sites for hydroxylation is 2. The van der Waals surface area contributed by atoms with Gasteiger partial charge in [-0.1, -0.05) is 49.7 Å². The van der Waals surface area contributed by atoms with Gasteiger partial charge in [0, 0.05) is 13.1 Å². The van der Waals surface area contributed by atoms with E-state index in [0.717, 1.165) is 29.5 Å². The zero-order chi connectivity index (χ0) is 24.0. The molecule has 0 saturated carbocycles. The van der Waals surface area contributed by atoms with Crippen molar-refractivity contribution in [1.82, 2.24) is 0 Å². The number of hydrogen-bond donors (Lipinski definition) is 2. The van der Waals surface area contributed by atoms with Crippen LogP contribution in [0, 0.1) is 13.8 Å². The van der Waals surface area contributed by atoms with E-state index >= 15 is 0 Å². The minimum absolute atomic E-state index is 0.0201. The van der Waals surface area contributed by atoms with Gasteiger partial charge >= 0.3 is 5.97 Å². The van der Waals surface area contributed by atoms with E-state index in [1.165, 1.54) is 12.1 Å². The third kappa shape index (κ3) is 6.14. The molecule has 3 rings (SSSR count). The van der Waals surface area contributed by atoms with Gasteiger partial charge in [0.2, 0.25) is 0 Å². The number of rotatable bonds is 10. The molecule has 0 heterocycles. The fourth-order valence-electron chi connectivity index (χ4n) is 3.55. The first-order valence-corrected chi connectivity index (χ1v) is 12.5. The number of carboxylic acid groups (broad SMARTS) is 1. The summed E-state index contributed by atoms with van der Waals surface area (Å²) in [6, 6.07) is 19.4. The van der Waals surface area contributed by atoms with Crippen molar-refractivity contribution in [2.45, 2.75) is 45.1 Å². The lowest BCUT2D eigenvalue weighted by Gasteiger charge is -2.28. The number of anilines is 2. The Morgan fingerprint density at radius 1 is 0.970 bits per heavy atom. The minimum atomic E-state index is -3.91. The van der Waals surface area contributed by atoms with Crippen LogP contribution in [0.1, 0.15) is 46.8 Å². The van der Waals surface area contributed by atoms with E-state index in [-0.39, 0.29) is 16.1 Å². The molecule has 0 radical (unpaired) electrons. The van der Waals surface area contributed by atoms with Crippen molar-refractivity contribution >= 4 is 27.4 Å². The van der Waals surface area contributed by atoms with Crippen LogP contribution in [-0.4, -0.2) is 26.0 Å². The summed E-state index contributed by atoms with van der Waals surface area (Å²) < 4.78 is 29.1. The van der Waals surface area contributed by atoms with Crippen molar-refractivity contribution in [3.63, 3.8) is 0 Å².